The monoisotopic (exact) mass is 370 g/mol. The van der Waals surface area contributed by atoms with Crippen molar-refractivity contribution in [2.75, 3.05) is 0 Å². The first-order valence-corrected chi connectivity index (χ1v) is 15.3. The van der Waals surface area contributed by atoms with Gasteiger partial charge in [-0.1, -0.05) is 36.4 Å². The molecular weight excluding hydrogens is 335 g/mol. The van der Waals surface area contributed by atoms with Gasteiger partial charge < -0.3 is 0 Å². The second-order valence-electron chi connectivity index (χ2n) is 5.45. The smallest absolute Gasteiger partial charge is 0.0623 e. The van der Waals surface area contributed by atoms with Gasteiger partial charge in [-0.2, -0.15) is 0 Å². The average Bonchev–Trinajstić information content (AvgIpc) is 2.49. The normalized spacial score (nSPS) is 10.1. The molecule has 0 nitrogen and oxygen atoms in total. The van der Waals surface area contributed by atoms with Gasteiger partial charge in [0.05, 0.1) is 0 Å². The third-order valence-corrected chi connectivity index (χ3v) is 14.1. The van der Waals surface area contributed by atoms with Crippen LogP contribution in [0, 0.1) is 0 Å². The van der Waals surface area contributed by atoms with E-state index in [0.717, 1.165) is 0 Å². The zero-order valence-corrected chi connectivity index (χ0v) is 16.7. The van der Waals surface area contributed by atoms with Gasteiger partial charge in [-0.25, -0.2) is 0 Å². The Kier molecular flexibility index (Phi) is 16.1. The summed E-state index contributed by atoms with van der Waals surface area (Å²) < 4.78 is 5.08. The molecule has 0 atom stereocenters. The molecule has 0 fully saturated rings. The van der Waals surface area contributed by atoms with E-state index < -0.39 is 19.8 Å². The molecule has 0 aliphatic carbocycles. The maximum absolute atomic E-state index is 2.34. The summed E-state index contributed by atoms with van der Waals surface area (Å²) in [6.45, 7) is 7.01. The van der Waals surface area contributed by atoms with Gasteiger partial charge in [0.2, 0.25) is 0 Å². The van der Waals surface area contributed by atoms with E-state index in [1.54, 1.807) is 13.3 Å². The zero-order chi connectivity index (χ0) is 14.2. The molecule has 1 aromatic carbocycles. The van der Waals surface area contributed by atoms with Gasteiger partial charge in [0.1, 0.15) is 0 Å². The summed E-state index contributed by atoms with van der Waals surface area (Å²) in [7, 11) is 0. The molecule has 1 heteroatoms. The van der Waals surface area contributed by atoms with Crippen LogP contribution in [0.15, 0.2) is 36.4 Å². The summed E-state index contributed by atoms with van der Waals surface area (Å²) in [4.78, 5) is 0. The first kappa shape index (κ1) is 19.0. The van der Waals surface area contributed by atoms with Crippen LogP contribution in [0.5, 0.6) is 0 Å². The van der Waals surface area contributed by atoms with Gasteiger partial charge in [-0.3, -0.25) is 0 Å². The minimum atomic E-state index is -0.967. The van der Waals surface area contributed by atoms with E-state index in [1.165, 1.54) is 38.5 Å². The van der Waals surface area contributed by atoms with Crippen molar-refractivity contribution in [3.05, 3.63) is 36.4 Å². The molecule has 0 amide bonds. The summed E-state index contributed by atoms with van der Waals surface area (Å²) in [6.07, 6.45) is 8.87. The molecule has 0 radical (unpaired) electrons. The average molecular weight is 369 g/mol. The van der Waals surface area contributed by atoms with E-state index in [-0.39, 0.29) is 0 Å². The van der Waals surface area contributed by atoms with Crippen molar-refractivity contribution in [3.8, 4) is 0 Å². The van der Waals surface area contributed by atoms with Crippen LogP contribution in [0.4, 0.5) is 0 Å². The number of hydrogen-bond acceptors (Lipinski definition) is 0. The van der Waals surface area contributed by atoms with Gasteiger partial charge in [-0.05, 0) is 0 Å². The molecule has 0 aromatic heterocycles. The van der Waals surface area contributed by atoms with E-state index in [2.05, 4.69) is 20.8 Å². The maximum atomic E-state index is 2.34. The molecule has 0 aliphatic heterocycles. The SMILES string of the molecule is CCC[CH2][SnH]([CH2]CCC)[CH2]CCC.c1ccccc1. The fourth-order valence-corrected chi connectivity index (χ4v) is 13.2. The van der Waals surface area contributed by atoms with Gasteiger partial charge >= 0.3 is 92.4 Å². The Balaban J connectivity index is 0.000000443. The minimum Gasteiger partial charge on any atom is -0.0623 e. The van der Waals surface area contributed by atoms with Crippen molar-refractivity contribution >= 4 is 19.8 Å². The molecule has 0 saturated carbocycles. The fraction of sp³-hybridized carbons (Fsp3) is 0.667. The van der Waals surface area contributed by atoms with Crippen LogP contribution < -0.4 is 0 Å². The maximum Gasteiger partial charge on any atom is -0.0623 e. The summed E-state index contributed by atoms with van der Waals surface area (Å²) >= 11 is -0.967. The van der Waals surface area contributed by atoms with Crippen LogP contribution in [0.1, 0.15) is 59.3 Å². The van der Waals surface area contributed by atoms with E-state index in [4.69, 9.17) is 0 Å². The van der Waals surface area contributed by atoms with Gasteiger partial charge in [0.25, 0.3) is 0 Å². The number of rotatable bonds is 9. The van der Waals surface area contributed by atoms with Gasteiger partial charge in [0, 0.05) is 0 Å². The van der Waals surface area contributed by atoms with Crippen molar-refractivity contribution in [2.24, 2.45) is 0 Å². The van der Waals surface area contributed by atoms with Crippen LogP contribution in [-0.2, 0) is 0 Å². The van der Waals surface area contributed by atoms with Crippen molar-refractivity contribution in [3.63, 3.8) is 0 Å². The zero-order valence-electron chi connectivity index (χ0n) is 13.4. The second kappa shape index (κ2) is 16.1. The molecule has 0 bridgehead atoms. The molecule has 19 heavy (non-hydrogen) atoms. The third-order valence-electron chi connectivity index (χ3n) is 3.56. The minimum absolute atomic E-state index is 0.967. The molecule has 1 rings (SSSR count). The van der Waals surface area contributed by atoms with E-state index >= 15 is 0 Å². The molecule has 110 valence electrons. The summed E-state index contributed by atoms with van der Waals surface area (Å²) in [6, 6.07) is 12.0. The largest absolute Gasteiger partial charge is 0.0623 e. The van der Waals surface area contributed by atoms with Crippen LogP contribution in [0.2, 0.25) is 13.3 Å². The first-order valence-electron chi connectivity index (χ1n) is 8.35. The molecule has 0 unspecified atom stereocenters. The fourth-order valence-electron chi connectivity index (χ4n) is 2.30. The Bertz CT molecular complexity index is 199. The number of benzene rings is 1. The van der Waals surface area contributed by atoms with Crippen molar-refractivity contribution in [1.29, 1.82) is 0 Å². The number of unbranched alkanes of at least 4 members (excludes halogenated alkanes) is 3. The van der Waals surface area contributed by atoms with E-state index in [9.17, 15) is 0 Å². The second-order valence-corrected chi connectivity index (χ2v) is 15.3. The third kappa shape index (κ3) is 14.2. The first-order chi connectivity index (χ1) is 9.35. The summed E-state index contributed by atoms with van der Waals surface area (Å²) in [5, 5.41) is 0. The van der Waals surface area contributed by atoms with Crippen LogP contribution >= 0.6 is 0 Å². The summed E-state index contributed by atoms with van der Waals surface area (Å²) in [5.74, 6) is 0. The Hall–Kier alpha value is 0.0187. The van der Waals surface area contributed by atoms with Crippen molar-refractivity contribution in [2.45, 2.75) is 72.6 Å². The van der Waals surface area contributed by atoms with Crippen LogP contribution in [-0.4, -0.2) is 19.8 Å². The van der Waals surface area contributed by atoms with Crippen LogP contribution in [0.25, 0.3) is 0 Å². The molecule has 0 heterocycles. The summed E-state index contributed by atoms with van der Waals surface area (Å²) in [5.41, 5.74) is 0. The molecule has 0 spiro atoms. The van der Waals surface area contributed by atoms with Crippen molar-refractivity contribution < 1.29 is 0 Å². The molecular formula is C18H34Sn. The van der Waals surface area contributed by atoms with Crippen LogP contribution in [0.3, 0.4) is 0 Å². The van der Waals surface area contributed by atoms with Gasteiger partial charge in [0.15, 0.2) is 0 Å². The van der Waals surface area contributed by atoms with E-state index in [1.807, 2.05) is 36.4 Å². The molecule has 0 saturated heterocycles. The topological polar surface area (TPSA) is 0 Å². The molecule has 0 aliphatic rings. The molecule has 0 N–H and O–H groups in total. The predicted octanol–water partition coefficient (Wildman–Crippen LogP) is 6.30. The standard InChI is InChI=1S/C6H6.3C4H9.Sn.H/c1-2-4-6-5-3-1;3*1-3-4-2;;/h1-6H;3*1,3-4H2,2H3;;. The quantitative estimate of drug-likeness (QED) is 0.448. The van der Waals surface area contributed by atoms with Crippen molar-refractivity contribution in [1.82, 2.24) is 0 Å². The Morgan fingerprint density at radius 2 is 0.789 bits per heavy atom. The Labute approximate surface area is 128 Å². The van der Waals surface area contributed by atoms with E-state index in [0.29, 0.717) is 0 Å². The Morgan fingerprint density at radius 1 is 0.526 bits per heavy atom. The Morgan fingerprint density at radius 3 is 1.00 bits per heavy atom. The predicted molar refractivity (Wildman–Crippen MR) is 92.7 cm³/mol. The molecule has 1 aromatic rings. The van der Waals surface area contributed by atoms with Gasteiger partial charge in [-0.15, -0.1) is 0 Å². The number of hydrogen-bond donors (Lipinski definition) is 0.